The largest absolute Gasteiger partial charge is 0.487 e. The Morgan fingerprint density at radius 2 is 1.81 bits per heavy atom. The van der Waals surface area contributed by atoms with Gasteiger partial charge in [0, 0.05) is 15.1 Å². The van der Waals surface area contributed by atoms with Crippen molar-refractivity contribution in [3.63, 3.8) is 0 Å². The van der Waals surface area contributed by atoms with Gasteiger partial charge < -0.3 is 4.74 Å². The Labute approximate surface area is 227 Å². The van der Waals surface area contributed by atoms with Crippen LogP contribution in [0.25, 0.3) is 5.69 Å². The Kier molecular flexibility index (Phi) is 8.33. The van der Waals surface area contributed by atoms with Crippen LogP contribution in [-0.4, -0.2) is 26.2 Å². The Balaban J connectivity index is 1.58. The van der Waals surface area contributed by atoms with Crippen LogP contribution in [0.15, 0.2) is 70.3 Å². The van der Waals surface area contributed by atoms with Crippen LogP contribution in [0.1, 0.15) is 33.3 Å². The zero-order valence-electron chi connectivity index (χ0n) is 19.9. The molecule has 0 saturated carbocycles. The highest BCUT2D eigenvalue weighted by atomic mass is 79.9. The number of thioether (sulfide) groups is 1. The molecule has 1 aromatic heterocycles. The predicted octanol–water partition coefficient (Wildman–Crippen LogP) is 7.30. The van der Waals surface area contributed by atoms with Crippen molar-refractivity contribution in [2.24, 2.45) is 0 Å². The van der Waals surface area contributed by atoms with Crippen molar-refractivity contribution in [3.05, 3.63) is 108 Å². The summed E-state index contributed by atoms with van der Waals surface area (Å²) in [5, 5.41) is 20.5. The lowest BCUT2D eigenvalue weighted by Gasteiger charge is -2.16. The van der Waals surface area contributed by atoms with Gasteiger partial charge in [-0.3, -0.25) is 14.7 Å². The first-order valence-corrected chi connectivity index (χ1v) is 13.2. The van der Waals surface area contributed by atoms with Crippen LogP contribution in [0.3, 0.4) is 0 Å². The molecule has 10 heteroatoms. The monoisotopic (exact) mass is 586 g/mol. The smallest absolute Gasteiger partial charge is 0.220 e. The molecule has 0 aliphatic heterocycles. The molecular weight excluding hydrogens is 564 g/mol. The Morgan fingerprint density at radius 1 is 1.06 bits per heavy atom. The van der Waals surface area contributed by atoms with Crippen LogP contribution in [-0.2, 0) is 6.61 Å². The van der Waals surface area contributed by atoms with Gasteiger partial charge in [0.05, 0.1) is 5.02 Å². The summed E-state index contributed by atoms with van der Waals surface area (Å²) in [6, 6.07) is 19.2. The van der Waals surface area contributed by atoms with Gasteiger partial charge in [0.25, 0.3) is 0 Å². The second kappa shape index (κ2) is 11.5. The van der Waals surface area contributed by atoms with Gasteiger partial charge in [-0.15, -0.1) is 10.2 Å². The van der Waals surface area contributed by atoms with Crippen molar-refractivity contribution in [2.75, 3.05) is 6.54 Å². The van der Waals surface area contributed by atoms with Crippen molar-refractivity contribution >= 4 is 39.3 Å². The number of hydrogen-bond donors (Lipinski definition) is 0. The zero-order chi connectivity index (χ0) is 25.8. The third-order valence-corrected chi connectivity index (χ3v) is 7.75. The number of aromatic nitrogens is 3. The first kappa shape index (κ1) is 26.2. The molecule has 4 rings (SSSR count). The fraction of sp³-hybridized carbons (Fsp3) is 0.231. The summed E-state index contributed by atoms with van der Waals surface area (Å²) >= 11 is 11.2. The molecule has 0 spiro atoms. The average Bonchev–Trinajstić information content (AvgIpc) is 3.20. The maximum absolute atomic E-state index is 11.5. The van der Waals surface area contributed by atoms with E-state index in [0.29, 0.717) is 33.9 Å². The van der Waals surface area contributed by atoms with Crippen molar-refractivity contribution in [2.45, 2.75) is 37.8 Å². The standard InChI is InChI=1S/C26H24BrClN4O3S/c1-16-4-10-22(12-17(16)2)32-18(3)29-30-26(32)36-25(14-31(33)34)20-7-11-24(23(28)13-20)35-15-19-5-8-21(27)9-6-19/h4-13,25H,14-15H2,1-3H3/t25-/m1/s1. The molecule has 3 aromatic carbocycles. The maximum Gasteiger partial charge on any atom is 0.220 e. The maximum atomic E-state index is 11.5. The highest BCUT2D eigenvalue weighted by Gasteiger charge is 2.25. The van der Waals surface area contributed by atoms with Gasteiger partial charge in [0.1, 0.15) is 23.4 Å². The summed E-state index contributed by atoms with van der Waals surface area (Å²) in [5.74, 6) is 1.22. The molecule has 0 aliphatic carbocycles. The van der Waals surface area contributed by atoms with Crippen LogP contribution < -0.4 is 4.74 Å². The lowest BCUT2D eigenvalue weighted by atomic mass is 10.1. The van der Waals surface area contributed by atoms with Crippen LogP contribution in [0.2, 0.25) is 5.02 Å². The van der Waals surface area contributed by atoms with Crippen molar-refractivity contribution in [3.8, 4) is 11.4 Å². The van der Waals surface area contributed by atoms with E-state index in [4.69, 9.17) is 16.3 Å². The molecule has 36 heavy (non-hydrogen) atoms. The van der Waals surface area contributed by atoms with Crippen molar-refractivity contribution in [1.82, 2.24) is 14.8 Å². The van der Waals surface area contributed by atoms with E-state index in [0.717, 1.165) is 21.3 Å². The fourth-order valence-corrected chi connectivity index (χ4v) is 5.30. The van der Waals surface area contributed by atoms with E-state index >= 15 is 0 Å². The van der Waals surface area contributed by atoms with Gasteiger partial charge in [-0.05, 0) is 79.4 Å². The molecular formula is C26H24BrClN4O3S. The highest BCUT2D eigenvalue weighted by molar-refractivity contribution is 9.10. The van der Waals surface area contributed by atoms with Gasteiger partial charge in [0.2, 0.25) is 6.54 Å². The molecule has 4 aromatic rings. The molecule has 0 radical (unpaired) electrons. The average molecular weight is 588 g/mol. The van der Waals surface area contributed by atoms with Crippen LogP contribution in [0.5, 0.6) is 5.75 Å². The molecule has 0 amide bonds. The second-order valence-corrected chi connectivity index (χ2v) is 10.9. The number of nitro groups is 1. The first-order valence-electron chi connectivity index (χ1n) is 11.2. The van der Waals surface area contributed by atoms with Gasteiger partial charge >= 0.3 is 0 Å². The van der Waals surface area contributed by atoms with E-state index in [2.05, 4.69) is 39.1 Å². The minimum Gasteiger partial charge on any atom is -0.487 e. The lowest BCUT2D eigenvalue weighted by Crippen LogP contribution is -2.11. The minimum absolute atomic E-state index is 0.293. The Bertz CT molecular complexity index is 1390. The quantitative estimate of drug-likeness (QED) is 0.116. The molecule has 0 unspecified atom stereocenters. The summed E-state index contributed by atoms with van der Waals surface area (Å²) in [6.07, 6.45) is 0. The number of rotatable bonds is 9. The van der Waals surface area contributed by atoms with E-state index in [9.17, 15) is 10.1 Å². The third-order valence-electron chi connectivity index (χ3n) is 5.74. The normalized spacial score (nSPS) is 11.9. The number of ether oxygens (including phenoxy) is 1. The number of halogens is 2. The second-order valence-electron chi connectivity index (χ2n) is 8.36. The predicted molar refractivity (Wildman–Crippen MR) is 146 cm³/mol. The molecule has 0 fully saturated rings. The molecule has 0 aliphatic rings. The van der Waals surface area contributed by atoms with Crippen LogP contribution >= 0.6 is 39.3 Å². The van der Waals surface area contributed by atoms with Crippen LogP contribution in [0, 0.1) is 30.9 Å². The Hall–Kier alpha value is -2.88. The SMILES string of the molecule is Cc1ccc(-n2c(C)nnc2S[C@H](C[N+](=O)[O-])c2ccc(OCc3ccc(Br)cc3)c(Cl)c2)cc1C. The fourth-order valence-electron chi connectivity index (χ4n) is 3.63. The number of benzene rings is 3. The summed E-state index contributed by atoms with van der Waals surface area (Å²) < 4.78 is 8.79. The molecule has 186 valence electrons. The number of hydrogen-bond acceptors (Lipinski definition) is 6. The third kappa shape index (κ3) is 6.27. The van der Waals surface area contributed by atoms with E-state index in [1.807, 2.05) is 60.9 Å². The summed E-state index contributed by atoms with van der Waals surface area (Å²) in [7, 11) is 0. The molecule has 0 saturated heterocycles. The van der Waals surface area contributed by atoms with E-state index < -0.39 is 5.25 Å². The molecule has 0 N–H and O–H groups in total. The van der Waals surface area contributed by atoms with Gasteiger partial charge in [-0.1, -0.05) is 63.6 Å². The lowest BCUT2D eigenvalue weighted by molar-refractivity contribution is -0.479. The molecule has 1 heterocycles. The van der Waals surface area contributed by atoms with E-state index in [1.54, 1.807) is 12.1 Å². The first-order chi connectivity index (χ1) is 17.2. The Morgan fingerprint density at radius 3 is 2.47 bits per heavy atom. The molecule has 1 atom stereocenters. The molecule has 0 bridgehead atoms. The van der Waals surface area contributed by atoms with E-state index in [1.165, 1.54) is 17.3 Å². The van der Waals surface area contributed by atoms with Gasteiger partial charge in [-0.2, -0.15) is 0 Å². The van der Waals surface area contributed by atoms with Crippen LogP contribution in [0.4, 0.5) is 0 Å². The summed E-state index contributed by atoms with van der Waals surface area (Å²) in [5.41, 5.74) is 4.95. The topological polar surface area (TPSA) is 83.1 Å². The number of aryl methyl sites for hydroxylation is 3. The minimum atomic E-state index is -0.521. The van der Waals surface area contributed by atoms with E-state index in [-0.39, 0.29) is 11.5 Å². The number of nitrogens with zero attached hydrogens (tertiary/aromatic N) is 4. The zero-order valence-corrected chi connectivity index (χ0v) is 23.1. The molecule has 7 nitrogen and oxygen atoms in total. The van der Waals surface area contributed by atoms with Crippen molar-refractivity contribution < 1.29 is 9.66 Å². The van der Waals surface area contributed by atoms with Gasteiger partial charge in [-0.25, -0.2) is 0 Å². The van der Waals surface area contributed by atoms with Gasteiger partial charge in [0.15, 0.2) is 5.16 Å². The van der Waals surface area contributed by atoms with Crippen molar-refractivity contribution in [1.29, 1.82) is 0 Å². The summed E-state index contributed by atoms with van der Waals surface area (Å²) in [4.78, 5) is 11.2. The highest BCUT2D eigenvalue weighted by Crippen LogP contribution is 2.39. The summed E-state index contributed by atoms with van der Waals surface area (Å²) in [6.45, 7) is 6.03.